The molecule has 2 rings (SSSR count). The van der Waals surface area contributed by atoms with Crippen molar-refractivity contribution in [2.45, 2.75) is 20.0 Å². The molecule has 0 amide bonds. The third-order valence-electron chi connectivity index (χ3n) is 3.20. The van der Waals surface area contributed by atoms with Crippen LogP contribution in [0.5, 0.6) is 5.75 Å². The van der Waals surface area contributed by atoms with Gasteiger partial charge in [0.1, 0.15) is 11.9 Å². The van der Waals surface area contributed by atoms with Gasteiger partial charge < -0.3 is 9.84 Å². The van der Waals surface area contributed by atoms with Crippen molar-refractivity contribution in [1.82, 2.24) is 0 Å². The second-order valence-corrected chi connectivity index (χ2v) is 5.00. The fourth-order valence-electron chi connectivity index (χ4n) is 2.12. The van der Waals surface area contributed by atoms with E-state index in [1.165, 1.54) is 0 Å². The van der Waals surface area contributed by atoms with Gasteiger partial charge in [-0.1, -0.05) is 41.4 Å². The molecule has 1 atom stereocenters. The second-order valence-electron chi connectivity index (χ2n) is 4.63. The van der Waals surface area contributed by atoms with Crippen LogP contribution < -0.4 is 4.74 Å². The Labute approximate surface area is 118 Å². The Hall–Kier alpha value is -1.51. The molecule has 0 aliphatic heterocycles. The summed E-state index contributed by atoms with van der Waals surface area (Å²) in [5.74, 6) is 0.663. The number of aliphatic hydroxyl groups is 1. The van der Waals surface area contributed by atoms with Crippen molar-refractivity contribution in [2.24, 2.45) is 0 Å². The van der Waals surface area contributed by atoms with Crippen molar-refractivity contribution in [2.75, 3.05) is 7.11 Å². The number of aryl methyl sites for hydroxylation is 2. The van der Waals surface area contributed by atoms with Crippen molar-refractivity contribution in [3.63, 3.8) is 0 Å². The van der Waals surface area contributed by atoms with Crippen LogP contribution in [0.25, 0.3) is 0 Å². The number of ether oxygens (including phenoxy) is 1. The van der Waals surface area contributed by atoms with Crippen molar-refractivity contribution in [1.29, 1.82) is 0 Å². The van der Waals surface area contributed by atoms with Gasteiger partial charge in [-0.15, -0.1) is 0 Å². The first-order valence-electron chi connectivity index (χ1n) is 6.12. The molecule has 19 heavy (non-hydrogen) atoms. The van der Waals surface area contributed by atoms with Crippen molar-refractivity contribution in [3.8, 4) is 5.75 Å². The van der Waals surface area contributed by atoms with Crippen LogP contribution in [-0.4, -0.2) is 12.2 Å². The van der Waals surface area contributed by atoms with Gasteiger partial charge in [0, 0.05) is 16.1 Å². The Kier molecular flexibility index (Phi) is 4.13. The van der Waals surface area contributed by atoms with Crippen LogP contribution in [0.2, 0.25) is 5.02 Å². The highest BCUT2D eigenvalue weighted by Gasteiger charge is 2.18. The number of halogens is 1. The highest BCUT2D eigenvalue weighted by molar-refractivity contribution is 6.32. The maximum absolute atomic E-state index is 10.6. The summed E-state index contributed by atoms with van der Waals surface area (Å²) < 4.78 is 5.31. The molecule has 1 unspecified atom stereocenters. The quantitative estimate of drug-likeness (QED) is 0.916. The maximum atomic E-state index is 10.6. The van der Waals surface area contributed by atoms with Gasteiger partial charge in [0.2, 0.25) is 0 Å². The lowest BCUT2D eigenvalue weighted by Crippen LogP contribution is -2.04. The molecular formula is C16H17ClO2. The second kappa shape index (κ2) is 5.64. The zero-order valence-electron chi connectivity index (χ0n) is 11.3. The van der Waals surface area contributed by atoms with E-state index in [2.05, 4.69) is 0 Å². The minimum absolute atomic E-state index is 0.596. The lowest BCUT2D eigenvalue weighted by molar-refractivity contribution is 0.214. The van der Waals surface area contributed by atoms with E-state index in [0.717, 1.165) is 16.7 Å². The maximum Gasteiger partial charge on any atom is 0.125 e. The average Bonchev–Trinajstić information content (AvgIpc) is 2.41. The summed E-state index contributed by atoms with van der Waals surface area (Å²) in [7, 11) is 1.60. The van der Waals surface area contributed by atoms with E-state index in [-0.39, 0.29) is 0 Å². The molecular weight excluding hydrogens is 260 g/mol. The summed E-state index contributed by atoms with van der Waals surface area (Å²) >= 11 is 6.27. The lowest BCUT2D eigenvalue weighted by atomic mass is 9.97. The molecule has 2 nitrogen and oxygen atoms in total. The van der Waals surface area contributed by atoms with Gasteiger partial charge in [-0.05, 0) is 31.5 Å². The molecule has 0 aliphatic rings. The summed E-state index contributed by atoms with van der Waals surface area (Å²) in [5, 5.41) is 11.2. The number of rotatable bonds is 3. The molecule has 0 radical (unpaired) electrons. The third kappa shape index (κ3) is 2.75. The summed E-state index contributed by atoms with van der Waals surface area (Å²) in [4.78, 5) is 0. The molecule has 0 aromatic heterocycles. The molecule has 0 heterocycles. The number of benzene rings is 2. The van der Waals surface area contributed by atoms with Gasteiger partial charge in [0.25, 0.3) is 0 Å². The number of hydrogen-bond acceptors (Lipinski definition) is 2. The van der Waals surface area contributed by atoms with Crippen LogP contribution in [0, 0.1) is 13.8 Å². The Morgan fingerprint density at radius 2 is 1.84 bits per heavy atom. The molecule has 2 aromatic carbocycles. The van der Waals surface area contributed by atoms with Gasteiger partial charge in [0.05, 0.1) is 7.11 Å². The minimum atomic E-state index is -0.790. The van der Waals surface area contributed by atoms with E-state index < -0.39 is 6.10 Å². The molecule has 2 aromatic rings. The molecule has 0 aliphatic carbocycles. The van der Waals surface area contributed by atoms with E-state index in [1.54, 1.807) is 7.11 Å². The number of aliphatic hydroxyl groups excluding tert-OH is 1. The van der Waals surface area contributed by atoms with Gasteiger partial charge in [-0.25, -0.2) is 0 Å². The van der Waals surface area contributed by atoms with Crippen LogP contribution >= 0.6 is 11.6 Å². The Bertz CT molecular complexity index is 593. The van der Waals surface area contributed by atoms with Crippen LogP contribution in [0.3, 0.4) is 0 Å². The molecule has 1 N–H and O–H groups in total. The van der Waals surface area contributed by atoms with Gasteiger partial charge >= 0.3 is 0 Å². The van der Waals surface area contributed by atoms with Crippen molar-refractivity contribution >= 4 is 11.6 Å². The number of methoxy groups -OCH3 is 1. The van der Waals surface area contributed by atoms with Crippen LogP contribution in [0.15, 0.2) is 36.4 Å². The average molecular weight is 277 g/mol. The standard InChI is InChI=1S/C16H17ClO2/c1-10-7-8-14(19-3)13(9-10)16(18)12-6-4-5-11(2)15(12)17/h4-9,16,18H,1-3H3. The van der Waals surface area contributed by atoms with Gasteiger partial charge in [-0.2, -0.15) is 0 Å². The van der Waals surface area contributed by atoms with E-state index in [0.29, 0.717) is 16.3 Å². The largest absolute Gasteiger partial charge is 0.496 e. The predicted molar refractivity (Wildman–Crippen MR) is 78.0 cm³/mol. The van der Waals surface area contributed by atoms with Crippen LogP contribution in [0.1, 0.15) is 28.4 Å². The first-order chi connectivity index (χ1) is 9.04. The summed E-state index contributed by atoms with van der Waals surface area (Å²) in [6.45, 7) is 3.90. The summed E-state index contributed by atoms with van der Waals surface area (Å²) in [5.41, 5.74) is 3.45. The topological polar surface area (TPSA) is 29.5 Å². The Balaban J connectivity index is 2.52. The highest BCUT2D eigenvalue weighted by atomic mass is 35.5. The summed E-state index contributed by atoms with van der Waals surface area (Å²) in [6.07, 6.45) is -0.790. The van der Waals surface area contributed by atoms with Gasteiger partial charge in [-0.3, -0.25) is 0 Å². The summed E-state index contributed by atoms with van der Waals surface area (Å²) in [6, 6.07) is 11.4. The van der Waals surface area contributed by atoms with Crippen LogP contribution in [-0.2, 0) is 0 Å². The fourth-order valence-corrected chi connectivity index (χ4v) is 2.35. The van der Waals surface area contributed by atoms with Crippen molar-refractivity contribution in [3.05, 3.63) is 63.7 Å². The smallest absolute Gasteiger partial charge is 0.125 e. The molecule has 3 heteroatoms. The zero-order valence-corrected chi connectivity index (χ0v) is 12.0. The first-order valence-corrected chi connectivity index (χ1v) is 6.50. The van der Waals surface area contributed by atoms with E-state index in [1.807, 2.05) is 50.2 Å². The lowest BCUT2D eigenvalue weighted by Gasteiger charge is -2.17. The first kappa shape index (κ1) is 13.9. The van der Waals surface area contributed by atoms with E-state index >= 15 is 0 Å². The Morgan fingerprint density at radius 1 is 1.11 bits per heavy atom. The monoisotopic (exact) mass is 276 g/mol. The molecule has 100 valence electrons. The molecule has 0 saturated carbocycles. The minimum Gasteiger partial charge on any atom is -0.496 e. The number of hydrogen-bond donors (Lipinski definition) is 1. The normalized spacial score (nSPS) is 12.3. The molecule has 0 saturated heterocycles. The fraction of sp³-hybridized carbons (Fsp3) is 0.250. The van der Waals surface area contributed by atoms with Crippen molar-refractivity contribution < 1.29 is 9.84 Å². The van der Waals surface area contributed by atoms with E-state index in [4.69, 9.17) is 16.3 Å². The SMILES string of the molecule is COc1ccc(C)cc1C(O)c1cccc(C)c1Cl. The third-order valence-corrected chi connectivity index (χ3v) is 3.71. The molecule has 0 spiro atoms. The molecule has 0 bridgehead atoms. The van der Waals surface area contributed by atoms with Crippen LogP contribution in [0.4, 0.5) is 0 Å². The predicted octanol–water partition coefficient (Wildman–Crippen LogP) is 4.05. The van der Waals surface area contributed by atoms with E-state index in [9.17, 15) is 5.11 Å². The highest BCUT2D eigenvalue weighted by Crippen LogP contribution is 2.35. The zero-order chi connectivity index (χ0) is 14.0. The molecule has 0 fully saturated rings. The van der Waals surface area contributed by atoms with Gasteiger partial charge in [0.15, 0.2) is 0 Å². The Morgan fingerprint density at radius 3 is 2.53 bits per heavy atom.